The molecular weight excluding hydrogens is 537 g/mol. The number of aromatic hydroxyl groups is 4. The molecule has 0 radical (unpaired) electrons. The van der Waals surface area contributed by atoms with Gasteiger partial charge in [-0.1, -0.05) is 47.0 Å². The molecule has 0 saturated heterocycles. The summed E-state index contributed by atoms with van der Waals surface area (Å²) < 4.78 is 0. The van der Waals surface area contributed by atoms with E-state index in [4.69, 9.17) is 22.9 Å². The maximum atomic E-state index is 11.1. The predicted octanol–water partition coefficient (Wildman–Crippen LogP) is 5.76. The summed E-state index contributed by atoms with van der Waals surface area (Å²) in [5, 5.41) is 44.2. The molecule has 8 bridgehead atoms. The number of phenolic OH excluding ortho intramolecular Hbond substituents is 4. The van der Waals surface area contributed by atoms with Crippen LogP contribution in [0.4, 0.5) is 22.7 Å². The zero-order valence-electron chi connectivity index (χ0n) is 18.4. The van der Waals surface area contributed by atoms with Gasteiger partial charge in [-0.05, 0) is 48.5 Å². The summed E-state index contributed by atoms with van der Waals surface area (Å²) in [7, 11) is 0. The average Bonchev–Trinajstić information content (AvgIpc) is 2.80. The van der Waals surface area contributed by atoms with Crippen LogP contribution >= 0.6 is 47.0 Å². The average molecular weight is 557 g/mol. The van der Waals surface area contributed by atoms with Crippen LogP contribution in [0.5, 0.6) is 23.0 Å². The van der Waals surface area contributed by atoms with Crippen molar-refractivity contribution in [2.45, 2.75) is 39.2 Å². The van der Waals surface area contributed by atoms with Crippen molar-refractivity contribution >= 4 is 69.8 Å². The van der Waals surface area contributed by atoms with Crippen LogP contribution in [0.15, 0.2) is 87.7 Å². The lowest BCUT2D eigenvalue weighted by Gasteiger charge is -2.17. The van der Waals surface area contributed by atoms with Crippen LogP contribution in [-0.4, -0.2) is 20.4 Å². The van der Waals surface area contributed by atoms with E-state index < -0.39 is 0 Å². The third-order valence-electron chi connectivity index (χ3n) is 5.13. The van der Waals surface area contributed by atoms with Crippen LogP contribution in [0.25, 0.3) is 0 Å². The second-order valence-corrected chi connectivity index (χ2v) is 12.2. The molecule has 0 saturated carbocycles. The van der Waals surface area contributed by atoms with Gasteiger partial charge in [0.15, 0.2) is 0 Å². The molecule has 8 nitrogen and oxygen atoms in total. The minimum atomic E-state index is -0.0750. The molecule has 184 valence electrons. The Labute approximate surface area is 223 Å². The molecule has 1 aliphatic rings. The molecule has 0 unspecified atom stereocenters. The fraction of sp³-hybridized carbons (Fsp3) is 0. The van der Waals surface area contributed by atoms with Crippen molar-refractivity contribution in [1.29, 1.82) is 0 Å². The van der Waals surface area contributed by atoms with Crippen LogP contribution in [-0.2, 0) is 0 Å². The van der Waals surface area contributed by atoms with E-state index in [1.807, 2.05) is 0 Å². The van der Waals surface area contributed by atoms with Crippen LogP contribution in [0.1, 0.15) is 0 Å². The standard InChI is InChI=1S/C24H20N4O4S4/c25-9-1-13-21(29)14(2-9)34-17-5-11(27)6-18(23(17)31)36-20-8-12(28)7-19(24(20)32)35-16-4-10(26)3-15(33-13)22(16)30/h1-8,29-32H,25-28H2. The molecule has 0 amide bonds. The SMILES string of the molecule is Nc1cc2c(O)c(c1)Sc1cc(N)cc(c1O)Sc1cc(N)cc(c1O)Sc1cc(N)cc(c1O)S2. The highest BCUT2D eigenvalue weighted by molar-refractivity contribution is 8.01. The van der Waals surface area contributed by atoms with Gasteiger partial charge in [-0.15, -0.1) is 0 Å². The van der Waals surface area contributed by atoms with Crippen molar-refractivity contribution in [1.82, 2.24) is 0 Å². The van der Waals surface area contributed by atoms with Gasteiger partial charge in [0.05, 0.1) is 39.2 Å². The predicted molar refractivity (Wildman–Crippen MR) is 147 cm³/mol. The lowest BCUT2D eigenvalue weighted by molar-refractivity contribution is 0.444. The highest BCUT2D eigenvalue weighted by Gasteiger charge is 2.22. The second kappa shape index (κ2) is 9.28. The first-order chi connectivity index (χ1) is 17.1. The summed E-state index contributed by atoms with van der Waals surface area (Å²) in [4.78, 5) is 3.06. The molecule has 0 atom stereocenters. The highest BCUT2D eigenvalue weighted by Crippen LogP contribution is 2.54. The summed E-state index contributed by atoms with van der Waals surface area (Å²) in [5.74, 6) is -0.300. The van der Waals surface area contributed by atoms with E-state index in [2.05, 4.69) is 0 Å². The third-order valence-corrected chi connectivity index (χ3v) is 9.38. The number of hydrogen-bond acceptors (Lipinski definition) is 12. The van der Waals surface area contributed by atoms with E-state index in [0.717, 1.165) is 47.0 Å². The van der Waals surface area contributed by atoms with E-state index in [0.29, 0.717) is 61.9 Å². The van der Waals surface area contributed by atoms with Crippen LogP contribution in [0.3, 0.4) is 0 Å². The number of rotatable bonds is 0. The molecule has 0 aliphatic carbocycles. The van der Waals surface area contributed by atoms with Crippen molar-refractivity contribution < 1.29 is 20.4 Å². The van der Waals surface area contributed by atoms with Crippen LogP contribution in [0.2, 0.25) is 0 Å². The van der Waals surface area contributed by atoms with Crippen molar-refractivity contribution in [2.75, 3.05) is 22.9 Å². The number of fused-ring (bicyclic) bond motifs is 8. The molecule has 1 heterocycles. The number of nitrogens with two attached hydrogens (primary N) is 4. The first kappa shape index (κ1) is 24.4. The Kier molecular flexibility index (Phi) is 6.29. The summed E-state index contributed by atoms with van der Waals surface area (Å²) in [5.41, 5.74) is 26.0. The Morgan fingerprint density at radius 1 is 0.333 bits per heavy atom. The molecule has 5 rings (SSSR count). The van der Waals surface area contributed by atoms with Crippen molar-refractivity contribution in [3.63, 3.8) is 0 Å². The van der Waals surface area contributed by atoms with E-state index in [1.54, 1.807) is 48.5 Å². The fourth-order valence-corrected chi connectivity index (χ4v) is 7.93. The van der Waals surface area contributed by atoms with Gasteiger partial charge in [0.1, 0.15) is 23.0 Å². The smallest absolute Gasteiger partial charge is 0.143 e. The third kappa shape index (κ3) is 4.60. The van der Waals surface area contributed by atoms with Crippen LogP contribution in [0, 0.1) is 0 Å². The maximum Gasteiger partial charge on any atom is 0.143 e. The zero-order valence-corrected chi connectivity index (χ0v) is 21.6. The number of phenols is 4. The van der Waals surface area contributed by atoms with Gasteiger partial charge in [0.25, 0.3) is 0 Å². The number of nitrogen functional groups attached to an aromatic ring is 4. The number of hydrogen-bond donors (Lipinski definition) is 8. The van der Waals surface area contributed by atoms with Crippen molar-refractivity contribution in [3.8, 4) is 23.0 Å². The van der Waals surface area contributed by atoms with Gasteiger partial charge in [-0.2, -0.15) is 0 Å². The number of anilines is 4. The summed E-state index contributed by atoms with van der Waals surface area (Å²) in [6.07, 6.45) is 0. The summed E-state index contributed by atoms with van der Waals surface area (Å²) in [6, 6.07) is 12.7. The lowest BCUT2D eigenvalue weighted by Crippen LogP contribution is -1.93. The molecule has 4 aromatic carbocycles. The molecule has 0 spiro atoms. The normalized spacial score (nSPS) is 12.9. The van der Waals surface area contributed by atoms with Gasteiger partial charge < -0.3 is 43.4 Å². The quantitative estimate of drug-likeness (QED) is 0.0853. The maximum absolute atomic E-state index is 11.1. The molecule has 4 aromatic rings. The zero-order chi connectivity index (χ0) is 25.7. The van der Waals surface area contributed by atoms with E-state index in [1.165, 1.54) is 0 Å². The molecule has 0 aromatic heterocycles. The van der Waals surface area contributed by atoms with Gasteiger partial charge >= 0.3 is 0 Å². The molecule has 36 heavy (non-hydrogen) atoms. The number of benzene rings is 4. The van der Waals surface area contributed by atoms with Gasteiger partial charge in [0.2, 0.25) is 0 Å². The van der Waals surface area contributed by atoms with Gasteiger partial charge in [-0.25, -0.2) is 0 Å². The van der Waals surface area contributed by atoms with Crippen molar-refractivity contribution in [3.05, 3.63) is 48.5 Å². The molecule has 12 heteroatoms. The lowest BCUT2D eigenvalue weighted by atomic mass is 10.3. The van der Waals surface area contributed by atoms with E-state index >= 15 is 0 Å². The molecule has 1 aliphatic heterocycles. The van der Waals surface area contributed by atoms with E-state index in [9.17, 15) is 20.4 Å². The summed E-state index contributed by atoms with van der Waals surface area (Å²) >= 11 is 4.33. The first-order valence-electron chi connectivity index (χ1n) is 10.3. The minimum absolute atomic E-state index is 0.0750. The molecular formula is C24H20N4O4S4. The Hall–Kier alpha value is -3.32. The Bertz CT molecular complexity index is 1230. The highest BCUT2D eigenvalue weighted by atomic mass is 32.2. The van der Waals surface area contributed by atoms with Crippen molar-refractivity contribution in [2.24, 2.45) is 0 Å². The van der Waals surface area contributed by atoms with Gasteiger partial charge in [-0.3, -0.25) is 0 Å². The largest absolute Gasteiger partial charge is 0.506 e. The monoisotopic (exact) mass is 556 g/mol. The van der Waals surface area contributed by atoms with Crippen LogP contribution < -0.4 is 22.9 Å². The Morgan fingerprint density at radius 2 is 0.472 bits per heavy atom. The molecule has 0 fully saturated rings. The second-order valence-electron chi connectivity index (χ2n) is 7.87. The topological polar surface area (TPSA) is 185 Å². The summed E-state index contributed by atoms with van der Waals surface area (Å²) in [6.45, 7) is 0. The fourth-order valence-electron chi connectivity index (χ4n) is 3.51. The Morgan fingerprint density at radius 3 is 0.611 bits per heavy atom. The van der Waals surface area contributed by atoms with Gasteiger partial charge in [0, 0.05) is 22.7 Å². The molecule has 12 N–H and O–H groups in total. The minimum Gasteiger partial charge on any atom is -0.506 e. The first-order valence-corrected chi connectivity index (χ1v) is 13.6. The van der Waals surface area contributed by atoms with E-state index in [-0.39, 0.29) is 23.0 Å². The Balaban J connectivity index is 1.78.